The number of hydrogen-bond donors (Lipinski definition) is 2. The molecule has 2 N–H and O–H groups in total. The minimum absolute atomic E-state index is 0.0486. The minimum Gasteiger partial charge on any atom is -0.477 e. The van der Waals surface area contributed by atoms with Crippen LogP contribution in [0.3, 0.4) is 0 Å². The van der Waals surface area contributed by atoms with E-state index < -0.39 is 5.97 Å². The van der Waals surface area contributed by atoms with E-state index in [0.29, 0.717) is 6.61 Å². The summed E-state index contributed by atoms with van der Waals surface area (Å²) >= 11 is 0. The predicted molar refractivity (Wildman–Crippen MR) is 58.7 cm³/mol. The number of ether oxygens (including phenoxy) is 1. The molecule has 1 atom stereocenters. The molecule has 1 fully saturated rings. The first-order valence-electron chi connectivity index (χ1n) is 5.14. The molecule has 5 heteroatoms. The van der Waals surface area contributed by atoms with Gasteiger partial charge in [0.2, 0.25) is 0 Å². The lowest BCUT2D eigenvalue weighted by Crippen LogP contribution is -2.34. The lowest BCUT2D eigenvalue weighted by atomic mass is 10.0. The van der Waals surface area contributed by atoms with Crippen LogP contribution in [-0.2, 0) is 4.74 Å². The van der Waals surface area contributed by atoms with Crippen LogP contribution in [0.4, 0.5) is 5.69 Å². The summed E-state index contributed by atoms with van der Waals surface area (Å²) in [4.78, 5) is 14.5. The van der Waals surface area contributed by atoms with E-state index in [0.717, 1.165) is 18.7 Å². The maximum Gasteiger partial charge on any atom is 0.354 e. The van der Waals surface area contributed by atoms with E-state index in [1.54, 1.807) is 6.07 Å². The Bertz CT molecular complexity index is 400. The van der Waals surface area contributed by atoms with E-state index in [1.807, 2.05) is 0 Å². The first-order chi connectivity index (χ1) is 7.59. The fourth-order valence-corrected chi connectivity index (χ4v) is 1.74. The van der Waals surface area contributed by atoms with Crippen LogP contribution < -0.4 is 5.32 Å². The first-order valence-corrected chi connectivity index (χ1v) is 5.14. The molecule has 1 aliphatic rings. The van der Waals surface area contributed by atoms with Crippen molar-refractivity contribution < 1.29 is 14.6 Å². The molecule has 1 saturated heterocycles. The maximum absolute atomic E-state index is 10.8. The quantitative estimate of drug-likeness (QED) is 0.808. The number of pyridine rings is 1. The van der Waals surface area contributed by atoms with Crippen molar-refractivity contribution in [1.82, 2.24) is 4.98 Å². The third-order valence-electron chi connectivity index (χ3n) is 2.64. The Morgan fingerprint density at radius 2 is 2.50 bits per heavy atom. The lowest BCUT2D eigenvalue weighted by molar-refractivity contribution is 0.0690. The number of rotatable bonds is 3. The number of hydrogen-bond acceptors (Lipinski definition) is 4. The van der Waals surface area contributed by atoms with Crippen LogP contribution in [0, 0.1) is 0 Å². The fourth-order valence-electron chi connectivity index (χ4n) is 1.74. The predicted octanol–water partition coefficient (Wildman–Crippen LogP) is 1.37. The van der Waals surface area contributed by atoms with Gasteiger partial charge >= 0.3 is 5.97 Å². The van der Waals surface area contributed by atoms with Crippen molar-refractivity contribution in [2.75, 3.05) is 18.5 Å². The molecule has 0 amide bonds. The van der Waals surface area contributed by atoms with Gasteiger partial charge in [-0.25, -0.2) is 9.78 Å². The smallest absolute Gasteiger partial charge is 0.354 e. The summed E-state index contributed by atoms with van der Waals surface area (Å²) < 4.78 is 5.32. The van der Waals surface area contributed by atoms with Gasteiger partial charge < -0.3 is 15.2 Å². The van der Waals surface area contributed by atoms with Gasteiger partial charge in [-0.1, -0.05) is 0 Å². The van der Waals surface area contributed by atoms with Crippen molar-refractivity contribution in [2.45, 2.75) is 18.9 Å². The van der Waals surface area contributed by atoms with E-state index >= 15 is 0 Å². The molecule has 0 aromatic carbocycles. The maximum atomic E-state index is 10.8. The molecule has 1 aliphatic heterocycles. The Morgan fingerprint density at radius 1 is 1.69 bits per heavy atom. The number of aromatic carboxylic acids is 1. The van der Waals surface area contributed by atoms with E-state index in [4.69, 9.17) is 9.84 Å². The Morgan fingerprint density at radius 3 is 3.12 bits per heavy atom. The molecule has 0 spiro atoms. The van der Waals surface area contributed by atoms with Crippen molar-refractivity contribution in [3.63, 3.8) is 0 Å². The Balaban J connectivity index is 2.15. The number of carboxylic acids is 1. The molecule has 1 aromatic heterocycles. The molecule has 86 valence electrons. The van der Waals surface area contributed by atoms with Crippen molar-refractivity contribution in [1.29, 1.82) is 0 Å². The molecule has 0 bridgehead atoms. The highest BCUT2D eigenvalue weighted by Crippen LogP contribution is 2.23. The van der Waals surface area contributed by atoms with Crippen LogP contribution >= 0.6 is 0 Å². The summed E-state index contributed by atoms with van der Waals surface area (Å²) in [5, 5.41) is 12.1. The number of carbonyl (C=O) groups is 1. The molecule has 2 heterocycles. The van der Waals surface area contributed by atoms with Gasteiger partial charge in [-0.3, -0.25) is 0 Å². The van der Waals surface area contributed by atoms with E-state index in [1.165, 1.54) is 12.3 Å². The molecule has 16 heavy (non-hydrogen) atoms. The van der Waals surface area contributed by atoms with Crippen LogP contribution in [0.25, 0.3) is 0 Å². The number of nitrogens with zero attached hydrogens (tertiary/aromatic N) is 1. The summed E-state index contributed by atoms with van der Waals surface area (Å²) in [6.07, 6.45) is 2.41. The van der Waals surface area contributed by atoms with Crippen LogP contribution in [0.2, 0.25) is 0 Å². The monoisotopic (exact) mass is 222 g/mol. The summed E-state index contributed by atoms with van der Waals surface area (Å²) in [7, 11) is 0. The molecule has 1 aromatic rings. The SMILES string of the molecule is CC1(Nc2ccnc(C(=O)O)c2)CCOC1. The van der Waals surface area contributed by atoms with Gasteiger partial charge in [-0.2, -0.15) is 0 Å². The third kappa shape index (κ3) is 2.30. The zero-order chi connectivity index (χ0) is 11.6. The molecule has 0 radical (unpaired) electrons. The molecule has 0 aliphatic carbocycles. The lowest BCUT2D eigenvalue weighted by Gasteiger charge is -2.24. The average Bonchev–Trinajstić information content (AvgIpc) is 2.65. The molecular formula is C11H14N2O3. The van der Waals surface area contributed by atoms with E-state index in [-0.39, 0.29) is 11.2 Å². The van der Waals surface area contributed by atoms with Crippen LogP contribution in [0.1, 0.15) is 23.8 Å². The molecule has 2 rings (SSSR count). The molecule has 5 nitrogen and oxygen atoms in total. The number of carboxylic acid groups (broad SMARTS) is 1. The fraction of sp³-hybridized carbons (Fsp3) is 0.455. The van der Waals surface area contributed by atoms with Crippen LogP contribution in [-0.4, -0.2) is 34.8 Å². The number of nitrogens with one attached hydrogen (secondary N) is 1. The van der Waals surface area contributed by atoms with Crippen molar-refractivity contribution in [3.8, 4) is 0 Å². The minimum atomic E-state index is -1.02. The van der Waals surface area contributed by atoms with E-state index in [2.05, 4.69) is 17.2 Å². The number of aromatic nitrogens is 1. The van der Waals surface area contributed by atoms with Crippen molar-refractivity contribution >= 4 is 11.7 Å². The van der Waals surface area contributed by atoms with Crippen molar-refractivity contribution in [3.05, 3.63) is 24.0 Å². The average molecular weight is 222 g/mol. The standard InChI is InChI=1S/C11H14N2O3/c1-11(3-5-16-7-11)13-8-2-4-12-9(6-8)10(14)15/h2,4,6H,3,5,7H2,1H3,(H,12,13)(H,14,15). The van der Waals surface area contributed by atoms with Gasteiger partial charge in [-0.15, -0.1) is 0 Å². The first kappa shape index (κ1) is 10.9. The molecular weight excluding hydrogens is 208 g/mol. The highest BCUT2D eigenvalue weighted by molar-refractivity contribution is 5.86. The van der Waals surface area contributed by atoms with Crippen LogP contribution in [0.5, 0.6) is 0 Å². The van der Waals surface area contributed by atoms with Gasteiger partial charge in [0.25, 0.3) is 0 Å². The van der Waals surface area contributed by atoms with Gasteiger partial charge in [0.1, 0.15) is 5.69 Å². The normalized spacial score (nSPS) is 24.3. The second kappa shape index (κ2) is 4.09. The largest absolute Gasteiger partial charge is 0.477 e. The molecule has 0 saturated carbocycles. The Labute approximate surface area is 93.5 Å². The molecule has 1 unspecified atom stereocenters. The van der Waals surface area contributed by atoms with E-state index in [9.17, 15) is 4.79 Å². The van der Waals surface area contributed by atoms with Gasteiger partial charge in [-0.05, 0) is 25.5 Å². The summed E-state index contributed by atoms with van der Waals surface area (Å²) in [6.45, 7) is 3.43. The Hall–Kier alpha value is -1.62. The van der Waals surface area contributed by atoms with Gasteiger partial charge in [0.15, 0.2) is 0 Å². The number of anilines is 1. The van der Waals surface area contributed by atoms with Crippen LogP contribution in [0.15, 0.2) is 18.3 Å². The van der Waals surface area contributed by atoms with Crippen molar-refractivity contribution in [2.24, 2.45) is 0 Å². The topological polar surface area (TPSA) is 71.5 Å². The zero-order valence-corrected chi connectivity index (χ0v) is 9.06. The Kier molecular flexibility index (Phi) is 2.78. The summed E-state index contributed by atoms with van der Waals surface area (Å²) in [5.74, 6) is -1.02. The second-order valence-corrected chi connectivity index (χ2v) is 4.22. The summed E-state index contributed by atoms with van der Waals surface area (Å²) in [6, 6.07) is 3.29. The highest BCUT2D eigenvalue weighted by Gasteiger charge is 2.29. The highest BCUT2D eigenvalue weighted by atomic mass is 16.5. The van der Waals surface area contributed by atoms with Gasteiger partial charge in [0, 0.05) is 18.5 Å². The third-order valence-corrected chi connectivity index (χ3v) is 2.64. The zero-order valence-electron chi connectivity index (χ0n) is 9.06. The summed E-state index contributed by atoms with van der Waals surface area (Å²) in [5.41, 5.74) is 0.699. The van der Waals surface area contributed by atoms with Gasteiger partial charge in [0.05, 0.1) is 12.1 Å². The second-order valence-electron chi connectivity index (χ2n) is 4.22.